The highest BCUT2D eigenvalue weighted by Gasteiger charge is 2.23. The van der Waals surface area contributed by atoms with E-state index in [1.54, 1.807) is 23.2 Å². The molecule has 0 amide bonds. The minimum atomic E-state index is -0.392. The first-order valence-electron chi connectivity index (χ1n) is 9.87. The lowest BCUT2D eigenvalue weighted by molar-refractivity contribution is -0.386. The van der Waals surface area contributed by atoms with Gasteiger partial charge >= 0.3 is 5.69 Å². The Morgan fingerprint density at radius 2 is 2.00 bits per heavy atom. The van der Waals surface area contributed by atoms with Crippen molar-refractivity contribution < 1.29 is 4.92 Å². The van der Waals surface area contributed by atoms with Gasteiger partial charge in [-0.1, -0.05) is 48.1 Å². The quantitative estimate of drug-likeness (QED) is 0.291. The molecule has 4 rings (SSSR count). The zero-order chi connectivity index (χ0) is 22.8. The summed E-state index contributed by atoms with van der Waals surface area (Å²) in [6, 6.07) is 9.52. The van der Waals surface area contributed by atoms with Gasteiger partial charge in [-0.3, -0.25) is 19.5 Å². The molecule has 0 saturated carbocycles. The van der Waals surface area contributed by atoms with E-state index in [1.165, 1.54) is 11.3 Å². The van der Waals surface area contributed by atoms with Gasteiger partial charge in [0.2, 0.25) is 5.13 Å². The van der Waals surface area contributed by atoms with Crippen molar-refractivity contribution in [3.05, 3.63) is 73.6 Å². The standard InChI is InChI=1S/C20H21ClN8O2S/c1-12(10-28-14(3)18(29(30)31)13(2)25-28)19-23-24-20(32-19)22-17-8-9-27(26-17)11-15-6-4-5-7-16(15)21/h4-9,12H,10-11H2,1-3H3,(H,22,24,26)/t12-/m1/s1. The predicted molar refractivity (Wildman–Crippen MR) is 123 cm³/mol. The van der Waals surface area contributed by atoms with Crippen LogP contribution >= 0.6 is 22.9 Å². The molecule has 0 fully saturated rings. The molecule has 0 radical (unpaired) electrons. The minimum absolute atomic E-state index is 0.0153. The second-order valence-electron chi connectivity index (χ2n) is 7.42. The van der Waals surface area contributed by atoms with Gasteiger partial charge in [-0.05, 0) is 25.5 Å². The van der Waals surface area contributed by atoms with Gasteiger partial charge in [0.15, 0.2) is 5.82 Å². The average molecular weight is 473 g/mol. The summed E-state index contributed by atoms with van der Waals surface area (Å²) in [4.78, 5) is 10.8. The first kappa shape index (κ1) is 21.9. The van der Waals surface area contributed by atoms with Crippen LogP contribution in [-0.4, -0.2) is 34.7 Å². The van der Waals surface area contributed by atoms with E-state index in [1.807, 2.05) is 43.5 Å². The summed E-state index contributed by atoms with van der Waals surface area (Å²) in [5, 5.41) is 33.8. The normalized spacial score (nSPS) is 12.1. The van der Waals surface area contributed by atoms with Crippen molar-refractivity contribution in [2.45, 2.75) is 39.8 Å². The van der Waals surface area contributed by atoms with E-state index in [0.717, 1.165) is 10.6 Å². The molecule has 166 valence electrons. The van der Waals surface area contributed by atoms with Crippen LogP contribution in [0.4, 0.5) is 16.6 Å². The molecule has 0 bridgehead atoms. The summed E-state index contributed by atoms with van der Waals surface area (Å²) in [5.74, 6) is 0.639. The number of aryl methyl sites for hydroxylation is 1. The molecule has 32 heavy (non-hydrogen) atoms. The van der Waals surface area contributed by atoms with Crippen molar-refractivity contribution in [3.8, 4) is 0 Å². The lowest BCUT2D eigenvalue weighted by atomic mass is 10.2. The van der Waals surface area contributed by atoms with Crippen molar-refractivity contribution in [3.63, 3.8) is 0 Å². The molecule has 3 aromatic heterocycles. The summed E-state index contributed by atoms with van der Waals surface area (Å²) in [6.45, 7) is 6.38. The fourth-order valence-corrected chi connectivity index (χ4v) is 4.37. The summed E-state index contributed by atoms with van der Waals surface area (Å²) >= 11 is 7.64. The van der Waals surface area contributed by atoms with E-state index < -0.39 is 4.92 Å². The third-order valence-electron chi connectivity index (χ3n) is 5.00. The Morgan fingerprint density at radius 3 is 2.72 bits per heavy atom. The third-order valence-corrected chi connectivity index (χ3v) is 6.44. The number of anilines is 2. The van der Waals surface area contributed by atoms with Gasteiger partial charge in [0.25, 0.3) is 0 Å². The number of rotatable bonds is 8. The van der Waals surface area contributed by atoms with Crippen molar-refractivity contribution in [1.29, 1.82) is 0 Å². The lowest BCUT2D eigenvalue weighted by Gasteiger charge is -2.08. The van der Waals surface area contributed by atoms with Gasteiger partial charge in [-0.2, -0.15) is 10.2 Å². The fourth-order valence-electron chi connectivity index (χ4n) is 3.38. The largest absolute Gasteiger partial charge is 0.313 e. The number of hydrogen-bond donors (Lipinski definition) is 1. The van der Waals surface area contributed by atoms with Crippen LogP contribution < -0.4 is 5.32 Å². The molecule has 0 aliphatic carbocycles. The van der Waals surface area contributed by atoms with E-state index in [-0.39, 0.29) is 11.6 Å². The van der Waals surface area contributed by atoms with E-state index in [4.69, 9.17) is 11.6 Å². The number of nitrogens with zero attached hydrogens (tertiary/aromatic N) is 7. The monoisotopic (exact) mass is 472 g/mol. The predicted octanol–water partition coefficient (Wildman–Crippen LogP) is 4.71. The van der Waals surface area contributed by atoms with Crippen molar-refractivity contribution >= 4 is 39.6 Å². The highest BCUT2D eigenvalue weighted by Crippen LogP contribution is 2.28. The molecule has 12 heteroatoms. The molecular weight excluding hydrogens is 452 g/mol. The summed E-state index contributed by atoms with van der Waals surface area (Å²) in [7, 11) is 0. The van der Waals surface area contributed by atoms with Crippen LogP contribution in [0, 0.1) is 24.0 Å². The molecule has 3 heterocycles. The Bertz CT molecular complexity index is 1260. The highest BCUT2D eigenvalue weighted by molar-refractivity contribution is 7.15. The van der Waals surface area contributed by atoms with E-state index in [9.17, 15) is 10.1 Å². The van der Waals surface area contributed by atoms with Crippen LogP contribution in [0.3, 0.4) is 0 Å². The number of halogens is 1. The number of nitrogens with one attached hydrogen (secondary N) is 1. The molecule has 0 aliphatic rings. The third kappa shape index (κ3) is 4.63. The van der Waals surface area contributed by atoms with Crippen molar-refractivity contribution in [2.75, 3.05) is 5.32 Å². The van der Waals surface area contributed by atoms with Crippen LogP contribution in [0.5, 0.6) is 0 Å². The van der Waals surface area contributed by atoms with E-state index in [0.29, 0.717) is 40.4 Å². The maximum absolute atomic E-state index is 11.2. The summed E-state index contributed by atoms with van der Waals surface area (Å²) < 4.78 is 3.45. The number of benzene rings is 1. The molecule has 0 unspecified atom stereocenters. The van der Waals surface area contributed by atoms with Crippen LogP contribution in [-0.2, 0) is 13.1 Å². The maximum Gasteiger partial charge on any atom is 0.312 e. The van der Waals surface area contributed by atoms with Gasteiger partial charge in [-0.25, -0.2) is 0 Å². The van der Waals surface area contributed by atoms with Crippen LogP contribution in [0.25, 0.3) is 0 Å². The molecule has 0 aliphatic heterocycles. The second kappa shape index (κ2) is 9.05. The molecule has 1 N–H and O–H groups in total. The van der Waals surface area contributed by atoms with Gasteiger partial charge in [0.05, 0.1) is 18.0 Å². The first-order chi connectivity index (χ1) is 15.3. The fraction of sp³-hybridized carbons (Fsp3) is 0.300. The Balaban J connectivity index is 1.41. The Labute approximate surface area is 193 Å². The van der Waals surface area contributed by atoms with Gasteiger partial charge in [0.1, 0.15) is 16.4 Å². The van der Waals surface area contributed by atoms with Crippen molar-refractivity contribution in [1.82, 2.24) is 29.8 Å². The highest BCUT2D eigenvalue weighted by atomic mass is 35.5. The van der Waals surface area contributed by atoms with Gasteiger partial charge < -0.3 is 5.32 Å². The lowest BCUT2D eigenvalue weighted by Crippen LogP contribution is -2.09. The summed E-state index contributed by atoms with van der Waals surface area (Å²) in [6.07, 6.45) is 1.87. The molecule has 0 spiro atoms. The van der Waals surface area contributed by atoms with Gasteiger partial charge in [0, 0.05) is 23.2 Å². The SMILES string of the molecule is Cc1nn(C[C@@H](C)c2nnc(Nc3ccn(Cc4ccccc4Cl)n3)s2)c(C)c1[N+](=O)[O-]. The molecule has 1 atom stereocenters. The molecule has 0 saturated heterocycles. The number of nitro groups is 1. The number of hydrogen-bond acceptors (Lipinski definition) is 8. The smallest absolute Gasteiger partial charge is 0.312 e. The van der Waals surface area contributed by atoms with Crippen LogP contribution in [0.1, 0.15) is 34.8 Å². The van der Waals surface area contributed by atoms with Crippen LogP contribution in [0.2, 0.25) is 5.02 Å². The number of aromatic nitrogens is 6. The maximum atomic E-state index is 11.2. The average Bonchev–Trinajstić information content (AvgIpc) is 3.44. The minimum Gasteiger partial charge on any atom is -0.313 e. The molecule has 4 aromatic rings. The molecule has 1 aromatic carbocycles. The van der Waals surface area contributed by atoms with Gasteiger partial charge in [-0.15, -0.1) is 10.2 Å². The Hall–Kier alpha value is -3.31. The van der Waals surface area contributed by atoms with Crippen molar-refractivity contribution in [2.24, 2.45) is 0 Å². The Kier molecular flexibility index (Phi) is 6.19. The Morgan fingerprint density at radius 1 is 1.22 bits per heavy atom. The topological polar surface area (TPSA) is 117 Å². The van der Waals surface area contributed by atoms with Crippen LogP contribution in [0.15, 0.2) is 36.5 Å². The van der Waals surface area contributed by atoms with E-state index >= 15 is 0 Å². The second-order valence-corrected chi connectivity index (χ2v) is 8.84. The van der Waals surface area contributed by atoms with E-state index in [2.05, 4.69) is 25.7 Å². The molecule has 10 nitrogen and oxygen atoms in total. The molecular formula is C20H21ClN8O2S. The first-order valence-corrected chi connectivity index (χ1v) is 11.1. The summed E-state index contributed by atoms with van der Waals surface area (Å²) in [5.41, 5.74) is 1.99. The zero-order valence-corrected chi connectivity index (χ0v) is 19.3. The zero-order valence-electron chi connectivity index (χ0n) is 17.7.